The molecule has 1 aliphatic rings. The van der Waals surface area contributed by atoms with Crippen molar-refractivity contribution < 1.29 is 9.47 Å². The molecule has 0 spiro atoms. The SMILES string of the molecule is CCNC(CCC(C)(C)OC)C1(C)CCCO1. The smallest absolute Gasteiger partial charge is 0.0807 e. The van der Waals surface area contributed by atoms with Crippen LogP contribution in [0.5, 0.6) is 0 Å². The average molecular weight is 243 g/mol. The number of nitrogens with one attached hydrogen (secondary N) is 1. The summed E-state index contributed by atoms with van der Waals surface area (Å²) >= 11 is 0. The maximum Gasteiger partial charge on any atom is 0.0807 e. The highest BCUT2D eigenvalue weighted by Crippen LogP contribution is 2.32. The molecule has 0 radical (unpaired) electrons. The molecule has 1 heterocycles. The predicted octanol–water partition coefficient (Wildman–Crippen LogP) is 2.74. The van der Waals surface area contributed by atoms with Gasteiger partial charge >= 0.3 is 0 Å². The molecule has 3 nitrogen and oxygen atoms in total. The second-order valence-electron chi connectivity index (χ2n) is 5.88. The van der Waals surface area contributed by atoms with Gasteiger partial charge in [0, 0.05) is 19.8 Å². The van der Waals surface area contributed by atoms with E-state index in [1.54, 1.807) is 7.11 Å². The third-order valence-corrected chi connectivity index (χ3v) is 4.02. The highest BCUT2D eigenvalue weighted by molar-refractivity contribution is 4.93. The summed E-state index contributed by atoms with van der Waals surface area (Å²) in [7, 11) is 1.79. The van der Waals surface area contributed by atoms with Crippen molar-refractivity contribution in [3.63, 3.8) is 0 Å². The van der Waals surface area contributed by atoms with Gasteiger partial charge in [0.25, 0.3) is 0 Å². The van der Waals surface area contributed by atoms with Crippen LogP contribution < -0.4 is 5.32 Å². The maximum absolute atomic E-state index is 5.95. The topological polar surface area (TPSA) is 30.5 Å². The molecule has 102 valence electrons. The van der Waals surface area contributed by atoms with Gasteiger partial charge in [-0.2, -0.15) is 0 Å². The molecule has 1 fully saturated rings. The van der Waals surface area contributed by atoms with Gasteiger partial charge in [-0.1, -0.05) is 6.92 Å². The Balaban J connectivity index is 2.54. The van der Waals surface area contributed by atoms with Crippen LogP contribution in [0.1, 0.15) is 53.4 Å². The van der Waals surface area contributed by atoms with E-state index in [9.17, 15) is 0 Å². The van der Waals surface area contributed by atoms with Crippen molar-refractivity contribution in [3.8, 4) is 0 Å². The lowest BCUT2D eigenvalue weighted by Gasteiger charge is -2.36. The number of ether oxygens (including phenoxy) is 2. The molecular formula is C14H29NO2. The van der Waals surface area contributed by atoms with E-state index < -0.39 is 0 Å². The van der Waals surface area contributed by atoms with Gasteiger partial charge in [-0.25, -0.2) is 0 Å². The Morgan fingerprint density at radius 1 is 1.47 bits per heavy atom. The minimum atomic E-state index is -0.0391. The molecule has 1 aliphatic heterocycles. The van der Waals surface area contributed by atoms with Crippen molar-refractivity contribution in [1.29, 1.82) is 0 Å². The molecule has 0 saturated carbocycles. The number of methoxy groups -OCH3 is 1. The van der Waals surface area contributed by atoms with E-state index in [0.717, 1.165) is 32.4 Å². The van der Waals surface area contributed by atoms with Crippen molar-refractivity contribution >= 4 is 0 Å². The summed E-state index contributed by atoms with van der Waals surface area (Å²) in [4.78, 5) is 0. The van der Waals surface area contributed by atoms with Crippen LogP contribution in [-0.2, 0) is 9.47 Å². The number of hydrogen-bond acceptors (Lipinski definition) is 3. The van der Waals surface area contributed by atoms with Gasteiger partial charge in [0.2, 0.25) is 0 Å². The van der Waals surface area contributed by atoms with Crippen LogP contribution in [0.15, 0.2) is 0 Å². The van der Waals surface area contributed by atoms with Crippen LogP contribution in [0.3, 0.4) is 0 Å². The zero-order chi connectivity index (χ0) is 12.9. The van der Waals surface area contributed by atoms with Gasteiger partial charge in [0.05, 0.1) is 11.2 Å². The summed E-state index contributed by atoms with van der Waals surface area (Å²) in [5.41, 5.74) is -0.0253. The van der Waals surface area contributed by atoms with E-state index in [2.05, 4.69) is 33.0 Å². The molecule has 2 unspecified atom stereocenters. The summed E-state index contributed by atoms with van der Waals surface area (Å²) in [5.74, 6) is 0. The lowest BCUT2D eigenvalue weighted by Crippen LogP contribution is -2.49. The van der Waals surface area contributed by atoms with E-state index in [0.29, 0.717) is 6.04 Å². The first-order chi connectivity index (χ1) is 7.93. The third-order valence-electron chi connectivity index (χ3n) is 4.02. The fourth-order valence-electron chi connectivity index (χ4n) is 2.54. The van der Waals surface area contributed by atoms with Crippen LogP contribution in [0.25, 0.3) is 0 Å². The Kier molecular flexibility index (Phi) is 5.42. The van der Waals surface area contributed by atoms with Crippen LogP contribution in [0, 0.1) is 0 Å². The first-order valence-electron chi connectivity index (χ1n) is 6.86. The number of rotatable bonds is 7. The Bertz CT molecular complexity index is 222. The Morgan fingerprint density at radius 2 is 2.18 bits per heavy atom. The summed E-state index contributed by atoms with van der Waals surface area (Å²) in [6.07, 6.45) is 4.51. The van der Waals surface area contributed by atoms with Crippen molar-refractivity contribution in [3.05, 3.63) is 0 Å². The van der Waals surface area contributed by atoms with E-state index in [1.807, 2.05) is 0 Å². The van der Waals surface area contributed by atoms with E-state index >= 15 is 0 Å². The molecule has 0 aromatic carbocycles. The number of hydrogen-bond donors (Lipinski definition) is 1. The van der Waals surface area contributed by atoms with Crippen LogP contribution in [0.4, 0.5) is 0 Å². The molecule has 2 atom stereocenters. The van der Waals surface area contributed by atoms with Gasteiger partial charge in [-0.15, -0.1) is 0 Å². The molecule has 3 heteroatoms. The van der Waals surface area contributed by atoms with E-state index in [-0.39, 0.29) is 11.2 Å². The van der Waals surface area contributed by atoms with Gasteiger partial charge in [0.15, 0.2) is 0 Å². The Labute approximate surface area is 106 Å². The fraction of sp³-hybridized carbons (Fsp3) is 1.00. The molecule has 17 heavy (non-hydrogen) atoms. The third kappa shape index (κ3) is 4.23. The highest BCUT2D eigenvalue weighted by atomic mass is 16.5. The molecule has 0 aromatic rings. The van der Waals surface area contributed by atoms with Crippen molar-refractivity contribution in [2.45, 2.75) is 70.6 Å². The van der Waals surface area contributed by atoms with Gasteiger partial charge in [0.1, 0.15) is 0 Å². The first kappa shape index (κ1) is 14.9. The highest BCUT2D eigenvalue weighted by Gasteiger charge is 2.38. The van der Waals surface area contributed by atoms with Crippen LogP contribution in [-0.4, -0.2) is 37.5 Å². The molecule has 0 bridgehead atoms. The van der Waals surface area contributed by atoms with Gasteiger partial charge < -0.3 is 14.8 Å². The lowest BCUT2D eigenvalue weighted by atomic mass is 9.87. The summed E-state index contributed by atoms with van der Waals surface area (Å²) in [6.45, 7) is 10.6. The lowest BCUT2D eigenvalue weighted by molar-refractivity contribution is -0.0293. The molecular weight excluding hydrogens is 214 g/mol. The van der Waals surface area contributed by atoms with E-state index in [4.69, 9.17) is 9.47 Å². The normalized spacial score (nSPS) is 27.4. The van der Waals surface area contributed by atoms with Crippen molar-refractivity contribution in [2.75, 3.05) is 20.3 Å². The molecule has 1 N–H and O–H groups in total. The summed E-state index contributed by atoms with van der Waals surface area (Å²) in [5, 5.41) is 3.58. The maximum atomic E-state index is 5.95. The quantitative estimate of drug-likeness (QED) is 0.746. The molecule has 1 saturated heterocycles. The number of likely N-dealkylation sites (N-methyl/N-ethyl adjacent to an activating group) is 1. The Hall–Kier alpha value is -0.120. The monoisotopic (exact) mass is 243 g/mol. The van der Waals surface area contributed by atoms with E-state index in [1.165, 1.54) is 6.42 Å². The van der Waals surface area contributed by atoms with Gasteiger partial charge in [-0.3, -0.25) is 0 Å². The molecule has 0 aliphatic carbocycles. The standard InChI is InChI=1S/C14H29NO2/c1-6-15-12(8-10-13(2,3)16-5)14(4)9-7-11-17-14/h12,15H,6-11H2,1-5H3. The van der Waals surface area contributed by atoms with Crippen LogP contribution in [0.2, 0.25) is 0 Å². The molecule has 0 aromatic heterocycles. The zero-order valence-electron chi connectivity index (χ0n) is 12.1. The predicted molar refractivity (Wildman–Crippen MR) is 71.4 cm³/mol. The zero-order valence-corrected chi connectivity index (χ0v) is 12.1. The minimum absolute atomic E-state index is 0.0137. The van der Waals surface area contributed by atoms with Gasteiger partial charge in [-0.05, 0) is 53.0 Å². The fourth-order valence-corrected chi connectivity index (χ4v) is 2.54. The molecule has 0 amide bonds. The Morgan fingerprint density at radius 3 is 2.65 bits per heavy atom. The van der Waals surface area contributed by atoms with Crippen molar-refractivity contribution in [1.82, 2.24) is 5.32 Å². The van der Waals surface area contributed by atoms with Crippen molar-refractivity contribution in [2.24, 2.45) is 0 Å². The summed E-state index contributed by atoms with van der Waals surface area (Å²) < 4.78 is 11.4. The largest absolute Gasteiger partial charge is 0.379 e. The van der Waals surface area contributed by atoms with Crippen LogP contribution >= 0.6 is 0 Å². The summed E-state index contributed by atoms with van der Waals surface area (Å²) in [6, 6.07) is 0.435. The second kappa shape index (κ2) is 6.17. The first-order valence-corrected chi connectivity index (χ1v) is 6.86. The minimum Gasteiger partial charge on any atom is -0.379 e. The second-order valence-corrected chi connectivity index (χ2v) is 5.88. The molecule has 1 rings (SSSR count). The average Bonchev–Trinajstić information content (AvgIpc) is 2.72.